The number of rotatable bonds is 7. The second-order valence-electron chi connectivity index (χ2n) is 6.94. The number of likely N-dealkylation sites (N-methyl/N-ethyl adjacent to an activating group) is 1. The summed E-state index contributed by atoms with van der Waals surface area (Å²) in [7, 11) is 1.63. The highest BCUT2D eigenvalue weighted by atomic mass is 16.4. The number of carboxylic acid groups (broad SMARTS) is 1. The summed E-state index contributed by atoms with van der Waals surface area (Å²) < 4.78 is 0. The van der Waals surface area contributed by atoms with Gasteiger partial charge in [0.2, 0.25) is 5.91 Å². The minimum Gasteiger partial charge on any atom is -0.465 e. The maximum atomic E-state index is 12.0. The number of hydrogen-bond acceptors (Lipinski definition) is 3. The van der Waals surface area contributed by atoms with Crippen molar-refractivity contribution in [1.82, 2.24) is 15.5 Å². The van der Waals surface area contributed by atoms with Gasteiger partial charge in [0.1, 0.15) is 6.54 Å². The minimum absolute atomic E-state index is 0.0573. The Morgan fingerprint density at radius 1 is 1.03 bits per heavy atom. The molecule has 0 spiro atoms. The van der Waals surface area contributed by atoms with Gasteiger partial charge in [-0.05, 0) is 48.7 Å². The average molecular weight is 398 g/mol. The van der Waals surface area contributed by atoms with Crippen LogP contribution in [0.4, 0.5) is 15.3 Å². The van der Waals surface area contributed by atoms with Crippen LogP contribution in [-0.4, -0.2) is 47.7 Å². The van der Waals surface area contributed by atoms with Crippen molar-refractivity contribution in [3.63, 3.8) is 0 Å². The molecule has 2 aromatic rings. The Bertz CT molecular complexity index is 865. The van der Waals surface area contributed by atoms with Gasteiger partial charge in [0.15, 0.2) is 0 Å². The molecule has 4 N–H and O–H groups in total. The quantitative estimate of drug-likeness (QED) is 0.574. The van der Waals surface area contributed by atoms with Crippen LogP contribution in [0.2, 0.25) is 0 Å². The van der Waals surface area contributed by atoms with Crippen LogP contribution in [0.3, 0.4) is 0 Å². The molecule has 0 saturated heterocycles. The van der Waals surface area contributed by atoms with Crippen LogP contribution >= 0.6 is 0 Å². The topological polar surface area (TPSA) is 111 Å². The second kappa shape index (κ2) is 10.1. The van der Waals surface area contributed by atoms with E-state index in [4.69, 9.17) is 5.11 Å². The first kappa shape index (κ1) is 21.7. The molecule has 2 aromatic carbocycles. The van der Waals surface area contributed by atoms with E-state index in [1.165, 1.54) is 4.90 Å². The molecule has 0 heterocycles. The average Bonchev–Trinajstić information content (AvgIpc) is 2.66. The van der Waals surface area contributed by atoms with Crippen LogP contribution in [0.25, 0.3) is 11.1 Å². The van der Waals surface area contributed by atoms with Crippen LogP contribution < -0.4 is 16.0 Å². The summed E-state index contributed by atoms with van der Waals surface area (Å²) in [6.45, 7) is 3.89. The lowest BCUT2D eigenvalue weighted by Crippen LogP contribution is -2.37. The maximum absolute atomic E-state index is 12.0. The van der Waals surface area contributed by atoms with Crippen LogP contribution in [0.5, 0.6) is 0 Å². The van der Waals surface area contributed by atoms with Crippen molar-refractivity contribution in [3.05, 3.63) is 54.1 Å². The molecular formula is C21H26N4O4. The van der Waals surface area contributed by atoms with E-state index in [0.29, 0.717) is 12.2 Å². The Labute approximate surface area is 169 Å². The van der Waals surface area contributed by atoms with E-state index in [1.807, 2.05) is 62.4 Å². The normalized spacial score (nSPS) is 10.3. The predicted molar refractivity (Wildman–Crippen MR) is 112 cm³/mol. The van der Waals surface area contributed by atoms with Gasteiger partial charge in [-0.25, -0.2) is 9.59 Å². The molecule has 2 rings (SSSR count). The zero-order valence-corrected chi connectivity index (χ0v) is 16.7. The third kappa shape index (κ3) is 7.17. The number of hydrogen-bond donors (Lipinski definition) is 4. The number of carbonyl (C=O) groups is 3. The van der Waals surface area contributed by atoms with E-state index in [2.05, 4.69) is 16.0 Å². The summed E-state index contributed by atoms with van der Waals surface area (Å²) in [6.07, 6.45) is -1.23. The maximum Gasteiger partial charge on any atom is 0.405 e. The molecule has 0 saturated carbocycles. The lowest BCUT2D eigenvalue weighted by Gasteiger charge is -2.17. The highest BCUT2D eigenvalue weighted by Crippen LogP contribution is 2.23. The summed E-state index contributed by atoms with van der Waals surface area (Å²) >= 11 is 0. The van der Waals surface area contributed by atoms with Crippen LogP contribution in [0, 0.1) is 0 Å². The fourth-order valence-corrected chi connectivity index (χ4v) is 2.67. The van der Waals surface area contributed by atoms with Crippen molar-refractivity contribution in [3.8, 4) is 11.1 Å². The predicted octanol–water partition coefficient (Wildman–Crippen LogP) is 3.11. The fraction of sp³-hybridized carbons (Fsp3) is 0.286. The molecule has 0 aliphatic rings. The summed E-state index contributed by atoms with van der Waals surface area (Å²) in [5.74, 6) is -0.312. The number of anilines is 1. The third-order valence-corrected chi connectivity index (χ3v) is 4.06. The number of nitrogens with one attached hydrogen (secondary N) is 3. The highest BCUT2D eigenvalue weighted by molar-refractivity contribution is 5.89. The molecule has 0 aliphatic heterocycles. The number of benzene rings is 2. The lowest BCUT2D eigenvalue weighted by molar-refractivity contribution is -0.129. The molecule has 29 heavy (non-hydrogen) atoms. The Morgan fingerprint density at radius 3 is 2.34 bits per heavy atom. The zero-order valence-electron chi connectivity index (χ0n) is 16.7. The van der Waals surface area contributed by atoms with Crippen molar-refractivity contribution in [2.24, 2.45) is 0 Å². The number of amides is 4. The van der Waals surface area contributed by atoms with Crippen LogP contribution in [0.1, 0.15) is 19.4 Å². The van der Waals surface area contributed by atoms with Gasteiger partial charge in [-0.15, -0.1) is 0 Å². The van der Waals surface area contributed by atoms with E-state index >= 15 is 0 Å². The first-order valence-corrected chi connectivity index (χ1v) is 9.22. The summed E-state index contributed by atoms with van der Waals surface area (Å²) in [5.41, 5.74) is 3.57. The van der Waals surface area contributed by atoms with Gasteiger partial charge < -0.3 is 26.0 Å². The largest absolute Gasteiger partial charge is 0.465 e. The van der Waals surface area contributed by atoms with Gasteiger partial charge >= 0.3 is 12.1 Å². The van der Waals surface area contributed by atoms with E-state index < -0.39 is 6.09 Å². The summed E-state index contributed by atoms with van der Waals surface area (Å²) in [5, 5.41) is 16.2. The number of urea groups is 1. The third-order valence-electron chi connectivity index (χ3n) is 4.06. The van der Waals surface area contributed by atoms with Crippen molar-refractivity contribution in [1.29, 1.82) is 0 Å². The molecule has 0 aliphatic carbocycles. The van der Waals surface area contributed by atoms with E-state index in [9.17, 15) is 14.4 Å². The molecule has 0 bridgehead atoms. The van der Waals surface area contributed by atoms with Gasteiger partial charge in [-0.1, -0.05) is 30.3 Å². The Morgan fingerprint density at radius 2 is 1.72 bits per heavy atom. The molecule has 4 amide bonds. The molecule has 0 atom stereocenters. The van der Waals surface area contributed by atoms with E-state index in [0.717, 1.165) is 16.7 Å². The molecule has 8 heteroatoms. The first-order chi connectivity index (χ1) is 13.7. The van der Waals surface area contributed by atoms with E-state index in [1.54, 1.807) is 7.05 Å². The van der Waals surface area contributed by atoms with E-state index in [-0.39, 0.29) is 24.5 Å². The van der Waals surface area contributed by atoms with Gasteiger partial charge in [-0.2, -0.15) is 0 Å². The monoisotopic (exact) mass is 398 g/mol. The Balaban J connectivity index is 2.02. The Kier molecular flexibility index (Phi) is 7.59. The van der Waals surface area contributed by atoms with Gasteiger partial charge in [0.25, 0.3) is 0 Å². The van der Waals surface area contributed by atoms with Crippen molar-refractivity contribution >= 4 is 23.7 Å². The molecule has 0 unspecified atom stereocenters. The van der Waals surface area contributed by atoms with Crippen molar-refractivity contribution in [2.75, 3.05) is 18.9 Å². The second-order valence-corrected chi connectivity index (χ2v) is 6.94. The zero-order chi connectivity index (χ0) is 21.4. The molecule has 154 valence electrons. The van der Waals surface area contributed by atoms with Crippen LogP contribution in [-0.2, 0) is 11.3 Å². The highest BCUT2D eigenvalue weighted by Gasteiger charge is 2.11. The first-order valence-electron chi connectivity index (χ1n) is 9.22. The molecule has 0 fully saturated rings. The summed E-state index contributed by atoms with van der Waals surface area (Å²) in [4.78, 5) is 35.7. The molecule has 0 radical (unpaired) electrons. The van der Waals surface area contributed by atoms with Crippen LogP contribution in [0.15, 0.2) is 48.5 Å². The Hall–Kier alpha value is -3.55. The standard InChI is InChI=1S/C21H26N4O4/c1-14(2)23-20(27)24-18-9-7-16(8-10-18)17-6-4-5-15(11-17)13-25(3)19(26)12-22-21(28)29/h4-11,14,22H,12-13H2,1-3H3,(H,28,29)(H2,23,24,27). The SMILES string of the molecule is CC(C)NC(=O)Nc1ccc(-c2cccc(CN(C)C(=O)CNC(=O)O)c2)cc1. The number of carbonyl (C=O) groups excluding carboxylic acids is 2. The minimum atomic E-state index is -1.23. The molecule has 8 nitrogen and oxygen atoms in total. The smallest absolute Gasteiger partial charge is 0.405 e. The van der Waals surface area contributed by atoms with Gasteiger partial charge in [0, 0.05) is 25.3 Å². The van der Waals surface area contributed by atoms with Crippen molar-refractivity contribution < 1.29 is 19.5 Å². The van der Waals surface area contributed by atoms with Gasteiger partial charge in [-0.3, -0.25) is 4.79 Å². The fourth-order valence-electron chi connectivity index (χ4n) is 2.67. The lowest BCUT2D eigenvalue weighted by atomic mass is 10.0. The van der Waals surface area contributed by atoms with Crippen molar-refractivity contribution in [2.45, 2.75) is 26.4 Å². The number of nitrogens with zero attached hydrogens (tertiary/aromatic N) is 1. The molecule has 0 aromatic heterocycles. The van der Waals surface area contributed by atoms with Gasteiger partial charge in [0.05, 0.1) is 0 Å². The molecular weight excluding hydrogens is 372 g/mol. The summed E-state index contributed by atoms with van der Waals surface area (Å²) in [6, 6.07) is 15.0.